The van der Waals surface area contributed by atoms with E-state index in [-0.39, 0.29) is 27.6 Å². The van der Waals surface area contributed by atoms with Crippen LogP contribution in [-0.2, 0) is 10.0 Å². The van der Waals surface area contributed by atoms with Gasteiger partial charge in [-0.2, -0.15) is 0 Å². The Morgan fingerprint density at radius 2 is 1.95 bits per heavy atom. The summed E-state index contributed by atoms with van der Waals surface area (Å²) in [7, 11) is -3.97. The van der Waals surface area contributed by atoms with Gasteiger partial charge < -0.3 is 10.8 Å². The maximum Gasteiger partial charge on any atom is 0.262 e. The third-order valence-electron chi connectivity index (χ3n) is 2.77. The molecule has 0 aliphatic rings. The minimum atomic E-state index is -3.97. The summed E-state index contributed by atoms with van der Waals surface area (Å²) in [5.74, 6) is -0.777. The molecule has 0 unspecified atom stereocenters. The number of aromatic hydroxyl groups is 1. The molecule has 20 heavy (non-hydrogen) atoms. The monoisotopic (exact) mass is 296 g/mol. The van der Waals surface area contributed by atoms with E-state index in [1.54, 1.807) is 0 Å². The highest BCUT2D eigenvalue weighted by molar-refractivity contribution is 7.92. The molecular weight excluding hydrogens is 283 g/mol. The van der Waals surface area contributed by atoms with E-state index in [9.17, 15) is 17.9 Å². The topological polar surface area (TPSA) is 92.4 Å². The zero-order valence-electron chi connectivity index (χ0n) is 10.6. The highest BCUT2D eigenvalue weighted by Gasteiger charge is 2.17. The van der Waals surface area contributed by atoms with E-state index in [2.05, 4.69) is 4.72 Å². The summed E-state index contributed by atoms with van der Waals surface area (Å²) >= 11 is 0. The highest BCUT2D eigenvalue weighted by Crippen LogP contribution is 2.24. The van der Waals surface area contributed by atoms with Crippen LogP contribution in [0.2, 0.25) is 0 Å². The van der Waals surface area contributed by atoms with Gasteiger partial charge in [0.15, 0.2) is 0 Å². The molecule has 0 fully saturated rings. The first kappa shape index (κ1) is 14.1. The number of nitrogen functional groups attached to an aromatic ring is 1. The van der Waals surface area contributed by atoms with E-state index < -0.39 is 15.8 Å². The zero-order chi connectivity index (χ0) is 14.9. The van der Waals surface area contributed by atoms with E-state index in [1.807, 2.05) is 0 Å². The van der Waals surface area contributed by atoms with Crippen molar-refractivity contribution in [3.63, 3.8) is 0 Å². The molecule has 0 heterocycles. The molecule has 0 spiro atoms. The van der Waals surface area contributed by atoms with Gasteiger partial charge in [0.1, 0.15) is 11.6 Å². The van der Waals surface area contributed by atoms with Crippen LogP contribution < -0.4 is 10.5 Å². The van der Waals surface area contributed by atoms with Crippen LogP contribution in [-0.4, -0.2) is 13.5 Å². The number of phenolic OH excluding ortho intramolecular Hbond substituents is 1. The van der Waals surface area contributed by atoms with Crippen LogP contribution >= 0.6 is 0 Å². The van der Waals surface area contributed by atoms with Crippen molar-refractivity contribution >= 4 is 21.4 Å². The molecule has 4 N–H and O–H groups in total. The number of nitrogens with two attached hydrogens (primary N) is 1. The van der Waals surface area contributed by atoms with Crippen LogP contribution in [0.3, 0.4) is 0 Å². The standard InChI is InChI=1S/C13H13FN2O3S/c1-8-12(14)6-11(7-13(8)15)20(18,19)16-9-3-2-4-10(17)5-9/h2-7,16-17H,15H2,1H3. The molecule has 0 saturated heterocycles. The molecule has 0 aliphatic carbocycles. The molecule has 2 aromatic carbocycles. The number of benzene rings is 2. The van der Waals surface area contributed by atoms with Crippen LogP contribution in [0.1, 0.15) is 5.56 Å². The van der Waals surface area contributed by atoms with Gasteiger partial charge in [0.2, 0.25) is 0 Å². The first-order chi connectivity index (χ1) is 9.29. The largest absolute Gasteiger partial charge is 0.508 e. The molecule has 0 radical (unpaired) electrons. The Morgan fingerprint density at radius 3 is 2.55 bits per heavy atom. The molecule has 0 amide bonds. The Morgan fingerprint density at radius 1 is 1.25 bits per heavy atom. The Kier molecular flexibility index (Phi) is 3.54. The summed E-state index contributed by atoms with van der Waals surface area (Å²) in [5, 5.41) is 9.29. The second-order valence-corrected chi connectivity index (χ2v) is 5.96. The van der Waals surface area contributed by atoms with E-state index in [0.717, 1.165) is 6.07 Å². The van der Waals surface area contributed by atoms with Gasteiger partial charge in [-0.05, 0) is 31.2 Å². The molecule has 0 aliphatic heterocycles. The van der Waals surface area contributed by atoms with Crippen LogP contribution in [0.4, 0.5) is 15.8 Å². The fourth-order valence-corrected chi connectivity index (χ4v) is 2.71. The van der Waals surface area contributed by atoms with Gasteiger partial charge >= 0.3 is 0 Å². The highest BCUT2D eigenvalue weighted by atomic mass is 32.2. The van der Waals surface area contributed by atoms with E-state index in [1.165, 1.54) is 37.3 Å². The Balaban J connectivity index is 2.41. The fourth-order valence-electron chi connectivity index (χ4n) is 1.61. The number of anilines is 2. The second kappa shape index (κ2) is 5.01. The third kappa shape index (κ3) is 2.83. The van der Waals surface area contributed by atoms with Crippen molar-refractivity contribution in [2.75, 3.05) is 10.5 Å². The summed E-state index contributed by atoms with van der Waals surface area (Å²) in [4.78, 5) is -0.276. The minimum Gasteiger partial charge on any atom is -0.508 e. The number of rotatable bonds is 3. The zero-order valence-corrected chi connectivity index (χ0v) is 11.4. The maximum atomic E-state index is 13.6. The van der Waals surface area contributed by atoms with Crippen LogP contribution in [0.15, 0.2) is 41.3 Å². The van der Waals surface area contributed by atoms with Crippen LogP contribution in [0, 0.1) is 12.7 Å². The number of sulfonamides is 1. The molecule has 2 aromatic rings. The van der Waals surface area contributed by atoms with Crippen molar-refractivity contribution in [1.29, 1.82) is 0 Å². The van der Waals surface area contributed by atoms with E-state index >= 15 is 0 Å². The lowest BCUT2D eigenvalue weighted by atomic mass is 10.2. The summed E-state index contributed by atoms with van der Waals surface area (Å²) in [5.41, 5.74) is 5.99. The van der Waals surface area contributed by atoms with Gasteiger partial charge in [0.25, 0.3) is 10.0 Å². The fraction of sp³-hybridized carbons (Fsp3) is 0.0769. The smallest absolute Gasteiger partial charge is 0.262 e. The van der Waals surface area contributed by atoms with Gasteiger partial charge in [-0.25, -0.2) is 12.8 Å². The number of phenols is 1. The SMILES string of the molecule is Cc1c(N)cc(S(=O)(=O)Nc2cccc(O)c2)cc1F. The predicted molar refractivity (Wildman–Crippen MR) is 74.5 cm³/mol. The molecule has 0 saturated carbocycles. The predicted octanol–water partition coefficient (Wildman–Crippen LogP) is 2.22. The summed E-state index contributed by atoms with van der Waals surface area (Å²) in [6, 6.07) is 7.68. The van der Waals surface area contributed by atoms with Crippen molar-refractivity contribution < 1.29 is 17.9 Å². The average molecular weight is 296 g/mol. The quantitative estimate of drug-likeness (QED) is 0.757. The van der Waals surface area contributed by atoms with Gasteiger partial charge in [0, 0.05) is 17.3 Å². The maximum absolute atomic E-state index is 13.6. The van der Waals surface area contributed by atoms with Crippen molar-refractivity contribution in [3.05, 3.63) is 47.8 Å². The molecule has 106 valence electrons. The normalized spacial score (nSPS) is 11.3. The van der Waals surface area contributed by atoms with Crippen molar-refractivity contribution in [3.8, 4) is 5.75 Å². The lowest BCUT2D eigenvalue weighted by molar-refractivity contribution is 0.475. The first-order valence-electron chi connectivity index (χ1n) is 5.67. The van der Waals surface area contributed by atoms with Crippen LogP contribution in [0.25, 0.3) is 0 Å². The van der Waals surface area contributed by atoms with Gasteiger partial charge in [-0.3, -0.25) is 4.72 Å². The molecule has 0 atom stereocenters. The Bertz CT molecular complexity index is 737. The number of hydrogen-bond acceptors (Lipinski definition) is 4. The van der Waals surface area contributed by atoms with E-state index in [0.29, 0.717) is 0 Å². The number of halogens is 1. The summed E-state index contributed by atoms with van der Waals surface area (Å²) < 4.78 is 40.0. The molecule has 0 aromatic heterocycles. The molecule has 2 rings (SSSR count). The van der Waals surface area contributed by atoms with Crippen molar-refractivity contribution in [1.82, 2.24) is 0 Å². The van der Waals surface area contributed by atoms with Crippen molar-refractivity contribution in [2.45, 2.75) is 11.8 Å². The van der Waals surface area contributed by atoms with Crippen LogP contribution in [0.5, 0.6) is 5.75 Å². The number of nitrogens with one attached hydrogen (secondary N) is 1. The summed E-state index contributed by atoms with van der Waals surface area (Å²) in [6.45, 7) is 1.46. The molecule has 7 heteroatoms. The van der Waals surface area contributed by atoms with Gasteiger partial charge in [0.05, 0.1) is 10.6 Å². The second-order valence-electron chi connectivity index (χ2n) is 4.28. The lowest BCUT2D eigenvalue weighted by Crippen LogP contribution is -2.14. The Hall–Kier alpha value is -2.28. The van der Waals surface area contributed by atoms with Gasteiger partial charge in [-0.15, -0.1) is 0 Å². The Labute approximate surface area is 115 Å². The molecule has 0 bridgehead atoms. The average Bonchev–Trinajstić information content (AvgIpc) is 2.34. The van der Waals surface area contributed by atoms with Gasteiger partial charge in [-0.1, -0.05) is 6.07 Å². The third-order valence-corrected chi connectivity index (χ3v) is 4.13. The van der Waals surface area contributed by atoms with Crippen molar-refractivity contribution in [2.24, 2.45) is 0 Å². The molecular formula is C13H13FN2O3S. The summed E-state index contributed by atoms with van der Waals surface area (Å²) in [6.07, 6.45) is 0. The lowest BCUT2D eigenvalue weighted by Gasteiger charge is -2.10. The van der Waals surface area contributed by atoms with E-state index in [4.69, 9.17) is 5.73 Å². The molecule has 5 nitrogen and oxygen atoms in total. The first-order valence-corrected chi connectivity index (χ1v) is 7.15. The minimum absolute atomic E-state index is 0.0567. The number of hydrogen-bond donors (Lipinski definition) is 3.